The Morgan fingerprint density at radius 1 is 1.48 bits per heavy atom. The predicted octanol–water partition coefficient (Wildman–Crippen LogP) is 1.03. The zero-order valence-electron chi connectivity index (χ0n) is 11.9. The topological polar surface area (TPSA) is 66.8 Å². The molecule has 0 aromatic carbocycles. The number of hydrogen-bond acceptors (Lipinski definition) is 5. The van der Waals surface area contributed by atoms with Crippen molar-refractivity contribution >= 4 is 21.4 Å². The number of thiophene rings is 1. The Morgan fingerprint density at radius 2 is 2.19 bits per heavy atom. The van der Waals surface area contributed by atoms with Crippen molar-refractivity contribution in [2.75, 3.05) is 26.9 Å². The highest BCUT2D eigenvalue weighted by molar-refractivity contribution is 7.89. The van der Waals surface area contributed by atoms with Gasteiger partial charge in [0, 0.05) is 26.8 Å². The summed E-state index contributed by atoms with van der Waals surface area (Å²) in [5.74, 6) is 5.41. The third-order valence-electron chi connectivity index (χ3n) is 3.37. The lowest BCUT2D eigenvalue weighted by Crippen LogP contribution is -2.38. The monoisotopic (exact) mass is 329 g/mol. The van der Waals surface area contributed by atoms with Gasteiger partial charge >= 0.3 is 0 Å². The Labute approximate surface area is 129 Å². The summed E-state index contributed by atoms with van der Waals surface area (Å²) in [6, 6.07) is 1.86. The fourth-order valence-electron chi connectivity index (χ4n) is 2.23. The summed E-state index contributed by atoms with van der Waals surface area (Å²) in [4.78, 5) is 0.830. The number of rotatable bonds is 4. The summed E-state index contributed by atoms with van der Waals surface area (Å²) in [5.41, 5.74) is 0.917. The molecule has 1 aliphatic rings. The molecule has 0 spiro atoms. The van der Waals surface area contributed by atoms with E-state index in [1.807, 2.05) is 11.4 Å². The quantitative estimate of drug-likeness (QED) is 0.838. The van der Waals surface area contributed by atoms with Crippen LogP contribution in [0.4, 0.5) is 0 Å². The Bertz CT molecular complexity index is 621. The Balaban J connectivity index is 2.02. The van der Waals surface area contributed by atoms with Crippen LogP contribution in [0.1, 0.15) is 23.3 Å². The van der Waals surface area contributed by atoms with Crippen LogP contribution in [0.15, 0.2) is 11.4 Å². The molecule has 2 heterocycles. The van der Waals surface area contributed by atoms with Gasteiger partial charge in [0.1, 0.15) is 6.61 Å². The summed E-state index contributed by atoms with van der Waals surface area (Å²) < 4.78 is 31.6. The number of aliphatic hydroxyl groups excluding tert-OH is 1. The Morgan fingerprint density at radius 3 is 2.86 bits per heavy atom. The van der Waals surface area contributed by atoms with E-state index in [0.717, 1.165) is 10.4 Å². The van der Waals surface area contributed by atoms with Gasteiger partial charge in [0.25, 0.3) is 0 Å². The number of nitrogens with zero attached hydrogens (tertiary/aromatic N) is 1. The van der Waals surface area contributed by atoms with Crippen molar-refractivity contribution in [2.45, 2.75) is 24.6 Å². The van der Waals surface area contributed by atoms with Crippen LogP contribution in [0.5, 0.6) is 0 Å². The highest BCUT2D eigenvalue weighted by atomic mass is 32.2. The minimum Gasteiger partial charge on any atom is -0.384 e. The van der Waals surface area contributed by atoms with Crippen LogP contribution in [0.3, 0.4) is 0 Å². The van der Waals surface area contributed by atoms with Gasteiger partial charge in [-0.25, -0.2) is 12.7 Å². The highest BCUT2D eigenvalue weighted by Crippen LogP contribution is 2.22. The molecular formula is C14H19NO4S2. The zero-order chi connectivity index (χ0) is 15.3. The normalized spacial score (nSPS) is 16.7. The molecule has 7 heteroatoms. The standard InChI is InChI=1S/C14H19NO4S2/c1-15(21(17,18)14-4-7-19-8-5-14)10-12-9-13(20-11-12)3-2-6-16/h9,11,14,16H,4-8,10H2,1H3. The molecular weight excluding hydrogens is 310 g/mol. The van der Waals surface area contributed by atoms with Crippen LogP contribution in [0.2, 0.25) is 0 Å². The van der Waals surface area contributed by atoms with E-state index in [-0.39, 0.29) is 11.9 Å². The van der Waals surface area contributed by atoms with Crippen LogP contribution in [-0.4, -0.2) is 49.9 Å². The third-order valence-corrected chi connectivity index (χ3v) is 6.58. The van der Waals surface area contributed by atoms with Crippen molar-refractivity contribution in [3.63, 3.8) is 0 Å². The second-order valence-electron chi connectivity index (χ2n) is 4.89. The molecule has 21 heavy (non-hydrogen) atoms. The number of ether oxygens (including phenoxy) is 1. The molecule has 0 saturated carbocycles. The van der Waals surface area contributed by atoms with Crippen LogP contribution >= 0.6 is 11.3 Å². The molecule has 1 aromatic rings. The van der Waals surface area contributed by atoms with E-state index < -0.39 is 10.0 Å². The van der Waals surface area contributed by atoms with Crippen LogP contribution < -0.4 is 0 Å². The van der Waals surface area contributed by atoms with E-state index >= 15 is 0 Å². The molecule has 0 aliphatic carbocycles. The van der Waals surface area contributed by atoms with Gasteiger partial charge in [-0.15, -0.1) is 11.3 Å². The lowest BCUT2D eigenvalue weighted by molar-refractivity contribution is 0.0973. The van der Waals surface area contributed by atoms with Gasteiger partial charge in [0.05, 0.1) is 10.1 Å². The summed E-state index contributed by atoms with van der Waals surface area (Å²) in [5, 5.41) is 10.2. The molecule has 0 radical (unpaired) electrons. The molecule has 2 rings (SSSR count). The van der Waals surface area contributed by atoms with E-state index in [1.165, 1.54) is 15.6 Å². The fourth-order valence-corrected chi connectivity index (χ4v) is 4.62. The Hall–Kier alpha value is -0.910. The molecule has 0 bridgehead atoms. The SMILES string of the molecule is CN(Cc1csc(C#CCO)c1)S(=O)(=O)C1CCOCC1. The van der Waals surface area contributed by atoms with Gasteiger partial charge in [-0.05, 0) is 29.9 Å². The lowest BCUT2D eigenvalue weighted by atomic mass is 10.2. The van der Waals surface area contributed by atoms with Gasteiger partial charge < -0.3 is 9.84 Å². The molecule has 1 aliphatic heterocycles. The number of sulfonamides is 1. The minimum absolute atomic E-state index is 0.175. The highest BCUT2D eigenvalue weighted by Gasteiger charge is 2.31. The maximum absolute atomic E-state index is 12.5. The first-order chi connectivity index (χ1) is 10.0. The van der Waals surface area contributed by atoms with E-state index in [1.54, 1.807) is 7.05 Å². The first-order valence-corrected chi connectivity index (χ1v) is 9.12. The molecule has 1 saturated heterocycles. The molecule has 1 fully saturated rings. The summed E-state index contributed by atoms with van der Waals surface area (Å²) in [6.45, 7) is 1.19. The smallest absolute Gasteiger partial charge is 0.217 e. The summed E-state index contributed by atoms with van der Waals surface area (Å²) in [6.07, 6.45) is 1.12. The van der Waals surface area contributed by atoms with Crippen LogP contribution in [0.25, 0.3) is 0 Å². The van der Waals surface area contributed by atoms with E-state index in [9.17, 15) is 8.42 Å². The molecule has 0 unspecified atom stereocenters. The number of hydrogen-bond donors (Lipinski definition) is 1. The van der Waals surface area contributed by atoms with Gasteiger partial charge in [0.15, 0.2) is 0 Å². The van der Waals surface area contributed by atoms with Crippen molar-refractivity contribution in [2.24, 2.45) is 0 Å². The van der Waals surface area contributed by atoms with Crippen molar-refractivity contribution in [1.29, 1.82) is 0 Å². The Kier molecular flexibility index (Phi) is 5.79. The first-order valence-electron chi connectivity index (χ1n) is 6.74. The minimum atomic E-state index is -3.29. The van der Waals surface area contributed by atoms with Crippen molar-refractivity contribution in [3.8, 4) is 11.8 Å². The largest absolute Gasteiger partial charge is 0.384 e. The molecule has 0 amide bonds. The van der Waals surface area contributed by atoms with Crippen molar-refractivity contribution in [1.82, 2.24) is 4.31 Å². The van der Waals surface area contributed by atoms with Gasteiger partial charge in [-0.2, -0.15) is 0 Å². The second-order valence-corrected chi connectivity index (χ2v) is 8.12. The average Bonchev–Trinajstić information content (AvgIpc) is 2.93. The van der Waals surface area contributed by atoms with E-state index in [0.29, 0.717) is 32.6 Å². The maximum atomic E-state index is 12.5. The zero-order valence-corrected chi connectivity index (χ0v) is 13.5. The van der Waals surface area contributed by atoms with Crippen molar-refractivity contribution in [3.05, 3.63) is 21.9 Å². The molecule has 1 aromatic heterocycles. The van der Waals surface area contributed by atoms with Crippen LogP contribution in [-0.2, 0) is 21.3 Å². The maximum Gasteiger partial charge on any atom is 0.217 e. The molecule has 116 valence electrons. The molecule has 0 atom stereocenters. The summed E-state index contributed by atoms with van der Waals surface area (Å²) in [7, 11) is -1.67. The van der Waals surface area contributed by atoms with Gasteiger partial charge in [-0.1, -0.05) is 11.8 Å². The molecule has 5 nitrogen and oxygen atoms in total. The predicted molar refractivity (Wildman–Crippen MR) is 82.5 cm³/mol. The third kappa shape index (κ3) is 4.28. The first kappa shape index (κ1) is 16.5. The van der Waals surface area contributed by atoms with E-state index in [2.05, 4.69) is 11.8 Å². The second kappa shape index (κ2) is 7.38. The molecule has 1 N–H and O–H groups in total. The fraction of sp³-hybridized carbons (Fsp3) is 0.571. The van der Waals surface area contributed by atoms with Crippen molar-refractivity contribution < 1.29 is 18.3 Å². The van der Waals surface area contributed by atoms with E-state index in [4.69, 9.17) is 9.84 Å². The van der Waals surface area contributed by atoms with Gasteiger partial charge in [-0.3, -0.25) is 0 Å². The van der Waals surface area contributed by atoms with Crippen LogP contribution in [0, 0.1) is 11.8 Å². The lowest BCUT2D eigenvalue weighted by Gasteiger charge is -2.27. The average molecular weight is 329 g/mol. The van der Waals surface area contributed by atoms with Gasteiger partial charge in [0.2, 0.25) is 10.0 Å². The summed E-state index contributed by atoms with van der Waals surface area (Å²) >= 11 is 1.45. The number of aliphatic hydroxyl groups is 1.